The minimum Gasteiger partial charge on any atom is -0.353 e. The van der Waals surface area contributed by atoms with Crippen LogP contribution in [0.3, 0.4) is 0 Å². The molecule has 0 radical (unpaired) electrons. The molecule has 1 atom stereocenters. The zero-order valence-electron chi connectivity index (χ0n) is 18.1. The Kier molecular flexibility index (Phi) is 5.07. The van der Waals surface area contributed by atoms with E-state index in [2.05, 4.69) is 119 Å². The summed E-state index contributed by atoms with van der Waals surface area (Å²) in [6.07, 6.45) is 6.93. The zero-order chi connectivity index (χ0) is 19.9. The van der Waals surface area contributed by atoms with Gasteiger partial charge in [0, 0.05) is 49.1 Å². The molecule has 1 aliphatic rings. The molecule has 0 saturated carbocycles. The van der Waals surface area contributed by atoms with Crippen LogP contribution < -0.4 is 9.47 Å². The van der Waals surface area contributed by atoms with E-state index in [9.17, 15) is 0 Å². The highest BCUT2D eigenvalue weighted by atomic mass is 15.4. The summed E-state index contributed by atoms with van der Waals surface area (Å²) in [5.41, 5.74) is 6.55. The SMILES string of the molecule is Cc1c(N2C=CN(C(C)C)[C@H]2C)cc(C(C)(C)C)cc1-[n+]1ccccc1C. The summed E-state index contributed by atoms with van der Waals surface area (Å²) in [5, 5.41) is 0. The molecular weight excluding hydrogens is 330 g/mol. The highest BCUT2D eigenvalue weighted by Crippen LogP contribution is 2.35. The average molecular weight is 365 g/mol. The molecular formula is C24H34N3+. The molecule has 0 N–H and O–H groups in total. The van der Waals surface area contributed by atoms with Crippen molar-refractivity contribution < 1.29 is 4.57 Å². The third-order valence-electron chi connectivity index (χ3n) is 5.65. The van der Waals surface area contributed by atoms with Crippen LogP contribution in [0, 0.1) is 13.8 Å². The van der Waals surface area contributed by atoms with Crippen molar-refractivity contribution in [1.82, 2.24) is 4.90 Å². The number of hydrogen-bond acceptors (Lipinski definition) is 2. The van der Waals surface area contributed by atoms with Gasteiger partial charge >= 0.3 is 0 Å². The number of nitrogens with zero attached hydrogens (tertiary/aromatic N) is 3. The molecule has 1 aromatic carbocycles. The molecule has 3 rings (SSSR count). The van der Waals surface area contributed by atoms with Crippen molar-refractivity contribution in [3.05, 3.63) is 65.7 Å². The number of aryl methyl sites for hydroxylation is 1. The molecule has 0 bridgehead atoms. The minimum atomic E-state index is 0.0882. The highest BCUT2D eigenvalue weighted by molar-refractivity contribution is 5.64. The third-order valence-corrected chi connectivity index (χ3v) is 5.65. The summed E-state index contributed by atoms with van der Waals surface area (Å²) in [4.78, 5) is 4.82. The molecule has 3 heteroatoms. The minimum absolute atomic E-state index is 0.0882. The van der Waals surface area contributed by atoms with E-state index in [4.69, 9.17) is 0 Å². The number of benzene rings is 1. The molecule has 0 fully saturated rings. The fraction of sp³-hybridized carbons (Fsp3) is 0.458. The topological polar surface area (TPSA) is 10.4 Å². The first kappa shape index (κ1) is 19.5. The van der Waals surface area contributed by atoms with Crippen molar-refractivity contribution in [2.45, 2.75) is 73.0 Å². The summed E-state index contributed by atoms with van der Waals surface area (Å²) in [5.74, 6) is 0. The average Bonchev–Trinajstić information content (AvgIpc) is 2.96. The van der Waals surface area contributed by atoms with E-state index >= 15 is 0 Å². The number of pyridine rings is 1. The van der Waals surface area contributed by atoms with Gasteiger partial charge in [0.1, 0.15) is 6.17 Å². The van der Waals surface area contributed by atoms with Gasteiger partial charge < -0.3 is 9.80 Å². The van der Waals surface area contributed by atoms with Crippen LogP contribution in [-0.4, -0.2) is 17.1 Å². The van der Waals surface area contributed by atoms with Gasteiger partial charge in [-0.1, -0.05) is 26.8 Å². The smallest absolute Gasteiger partial charge is 0.216 e. The summed E-state index contributed by atoms with van der Waals surface area (Å²) < 4.78 is 2.30. The summed E-state index contributed by atoms with van der Waals surface area (Å²) in [7, 11) is 0. The summed E-state index contributed by atoms with van der Waals surface area (Å²) in [6.45, 7) is 18.1. The van der Waals surface area contributed by atoms with Crippen LogP contribution in [0.5, 0.6) is 0 Å². The van der Waals surface area contributed by atoms with Crippen LogP contribution in [0.4, 0.5) is 5.69 Å². The quantitative estimate of drug-likeness (QED) is 0.691. The van der Waals surface area contributed by atoms with Crippen LogP contribution in [-0.2, 0) is 5.41 Å². The van der Waals surface area contributed by atoms with E-state index in [1.54, 1.807) is 0 Å². The van der Waals surface area contributed by atoms with Gasteiger partial charge in [-0.15, -0.1) is 0 Å². The van der Waals surface area contributed by atoms with E-state index in [1.165, 1.54) is 28.2 Å². The fourth-order valence-electron chi connectivity index (χ4n) is 3.86. The Labute approximate surface area is 164 Å². The Balaban J connectivity index is 2.19. The van der Waals surface area contributed by atoms with Gasteiger partial charge in [0.15, 0.2) is 11.9 Å². The Morgan fingerprint density at radius 3 is 2.30 bits per heavy atom. The van der Waals surface area contributed by atoms with Crippen molar-refractivity contribution in [2.75, 3.05) is 4.90 Å². The molecule has 1 aromatic heterocycles. The predicted octanol–water partition coefficient (Wildman–Crippen LogP) is 5.23. The van der Waals surface area contributed by atoms with Crippen molar-refractivity contribution >= 4 is 5.69 Å². The molecule has 3 nitrogen and oxygen atoms in total. The Hall–Kier alpha value is -2.29. The first-order valence-electron chi connectivity index (χ1n) is 9.98. The first-order valence-corrected chi connectivity index (χ1v) is 9.98. The Morgan fingerprint density at radius 2 is 1.74 bits per heavy atom. The normalized spacial score (nSPS) is 17.3. The predicted molar refractivity (Wildman–Crippen MR) is 114 cm³/mol. The van der Waals surface area contributed by atoms with Gasteiger partial charge in [0.25, 0.3) is 0 Å². The maximum atomic E-state index is 2.41. The van der Waals surface area contributed by atoms with E-state index in [0.29, 0.717) is 12.2 Å². The molecule has 0 saturated heterocycles. The van der Waals surface area contributed by atoms with Gasteiger partial charge in [-0.25, -0.2) is 0 Å². The van der Waals surface area contributed by atoms with Gasteiger partial charge in [-0.2, -0.15) is 4.57 Å². The second kappa shape index (κ2) is 7.03. The number of hydrogen-bond donors (Lipinski definition) is 0. The molecule has 2 heterocycles. The number of rotatable bonds is 3. The van der Waals surface area contributed by atoms with Gasteiger partial charge in [-0.05, 0) is 44.7 Å². The standard InChI is InChI=1S/C24H34N3/c1-17(2)25-13-14-27(20(25)5)23-16-21(24(6,7)8)15-22(19(23)4)26-12-10-9-11-18(26)3/h9-17,20H,1-8H3/q+1/t20-/m1/s1. The number of aromatic nitrogens is 1. The molecule has 0 amide bonds. The molecule has 1 aliphatic heterocycles. The van der Waals surface area contributed by atoms with E-state index in [0.717, 1.165) is 0 Å². The van der Waals surface area contributed by atoms with Gasteiger partial charge in [0.05, 0.1) is 5.69 Å². The zero-order valence-corrected chi connectivity index (χ0v) is 18.1. The van der Waals surface area contributed by atoms with E-state index in [-0.39, 0.29) is 5.41 Å². The van der Waals surface area contributed by atoms with Crippen LogP contribution in [0.2, 0.25) is 0 Å². The second-order valence-electron chi connectivity index (χ2n) is 8.98. The molecule has 0 spiro atoms. The summed E-state index contributed by atoms with van der Waals surface area (Å²) in [6, 6.07) is 11.6. The maximum absolute atomic E-state index is 2.41. The lowest BCUT2D eigenvalue weighted by molar-refractivity contribution is -0.603. The monoisotopic (exact) mass is 364 g/mol. The molecule has 0 aliphatic carbocycles. The van der Waals surface area contributed by atoms with Crippen LogP contribution in [0.15, 0.2) is 48.9 Å². The summed E-state index contributed by atoms with van der Waals surface area (Å²) >= 11 is 0. The van der Waals surface area contributed by atoms with Crippen molar-refractivity contribution in [3.8, 4) is 5.69 Å². The van der Waals surface area contributed by atoms with Gasteiger partial charge in [0.2, 0.25) is 5.69 Å². The largest absolute Gasteiger partial charge is 0.353 e. The van der Waals surface area contributed by atoms with Crippen LogP contribution >= 0.6 is 0 Å². The molecule has 144 valence electrons. The fourth-order valence-corrected chi connectivity index (χ4v) is 3.86. The molecule has 27 heavy (non-hydrogen) atoms. The lowest BCUT2D eigenvalue weighted by atomic mass is 9.85. The van der Waals surface area contributed by atoms with Crippen LogP contribution in [0.1, 0.15) is 58.4 Å². The van der Waals surface area contributed by atoms with Crippen molar-refractivity contribution in [1.29, 1.82) is 0 Å². The first-order chi connectivity index (χ1) is 12.6. The Morgan fingerprint density at radius 1 is 1.04 bits per heavy atom. The van der Waals surface area contributed by atoms with Crippen molar-refractivity contribution in [3.63, 3.8) is 0 Å². The molecule has 0 unspecified atom stereocenters. The Bertz CT molecular complexity index is 858. The lowest BCUT2D eigenvalue weighted by Gasteiger charge is -2.34. The number of anilines is 1. The molecule has 2 aromatic rings. The second-order valence-corrected chi connectivity index (χ2v) is 8.98. The maximum Gasteiger partial charge on any atom is 0.216 e. The lowest BCUT2D eigenvalue weighted by Crippen LogP contribution is -2.41. The van der Waals surface area contributed by atoms with Crippen LogP contribution in [0.25, 0.3) is 5.69 Å². The van der Waals surface area contributed by atoms with Crippen molar-refractivity contribution in [2.24, 2.45) is 0 Å². The third kappa shape index (κ3) is 3.60. The van der Waals surface area contributed by atoms with E-state index in [1.807, 2.05) is 0 Å². The van der Waals surface area contributed by atoms with Gasteiger partial charge in [-0.3, -0.25) is 0 Å². The highest BCUT2D eigenvalue weighted by Gasteiger charge is 2.30. The van der Waals surface area contributed by atoms with E-state index < -0.39 is 0 Å².